The smallest absolute Gasteiger partial charge is 0.257 e. The Kier molecular flexibility index (Phi) is 7.31. The van der Waals surface area contributed by atoms with Gasteiger partial charge in [0.2, 0.25) is 5.95 Å². The van der Waals surface area contributed by atoms with Gasteiger partial charge in [-0.15, -0.1) is 0 Å². The van der Waals surface area contributed by atoms with Crippen molar-refractivity contribution in [2.45, 2.75) is 13.3 Å². The van der Waals surface area contributed by atoms with Gasteiger partial charge in [0, 0.05) is 48.1 Å². The first-order chi connectivity index (χ1) is 19.0. The van der Waals surface area contributed by atoms with Crippen molar-refractivity contribution in [1.29, 1.82) is 0 Å². The fraction of sp³-hybridized carbons (Fsp3) is 0.0667. The number of amides is 1. The van der Waals surface area contributed by atoms with E-state index in [1.54, 1.807) is 61.1 Å². The summed E-state index contributed by atoms with van der Waals surface area (Å²) in [6, 6.07) is 21.1. The Hall–Kier alpha value is -5.44. The first-order valence-corrected chi connectivity index (χ1v) is 12.2. The van der Waals surface area contributed by atoms with Crippen LogP contribution >= 0.6 is 0 Å². The molecule has 191 valence electrons. The van der Waals surface area contributed by atoms with Crippen molar-refractivity contribution in [3.8, 4) is 11.3 Å². The molecule has 0 aliphatic rings. The van der Waals surface area contributed by atoms with Gasteiger partial charge in [0.25, 0.3) is 5.91 Å². The van der Waals surface area contributed by atoms with Crippen LogP contribution in [0.4, 0.5) is 23.0 Å². The molecular formula is C30H24N7O2. The summed E-state index contributed by atoms with van der Waals surface area (Å²) < 4.78 is 0. The number of hydrogen-bond acceptors (Lipinski definition) is 7. The van der Waals surface area contributed by atoms with Crippen LogP contribution in [-0.4, -0.2) is 31.6 Å². The maximum absolute atomic E-state index is 12.9. The number of carbonyl (C=O) groups is 2. The Labute approximate surface area is 225 Å². The van der Waals surface area contributed by atoms with Crippen LogP contribution in [0.2, 0.25) is 0 Å². The molecule has 3 heterocycles. The minimum Gasteiger partial charge on any atom is -0.324 e. The van der Waals surface area contributed by atoms with E-state index in [0.717, 1.165) is 22.5 Å². The molecule has 3 aromatic heterocycles. The minimum atomic E-state index is -0.359. The Morgan fingerprint density at radius 2 is 1.77 bits per heavy atom. The highest BCUT2D eigenvalue weighted by Crippen LogP contribution is 2.25. The van der Waals surface area contributed by atoms with Gasteiger partial charge >= 0.3 is 0 Å². The van der Waals surface area contributed by atoms with Crippen molar-refractivity contribution in [3.63, 3.8) is 0 Å². The summed E-state index contributed by atoms with van der Waals surface area (Å²) in [6.45, 7) is 1.94. The molecule has 39 heavy (non-hydrogen) atoms. The lowest BCUT2D eigenvalue weighted by Gasteiger charge is -2.12. The SMILES string of the molecule is Cc1ccc(NC(=O)c2ccc(C(=O)Cc3ccccc3[NH])nc2)cc1Nc1nccc(-c2cccnc2)n1. The largest absolute Gasteiger partial charge is 0.324 e. The predicted molar refractivity (Wildman–Crippen MR) is 149 cm³/mol. The second-order valence-electron chi connectivity index (χ2n) is 8.81. The maximum atomic E-state index is 12.9. The van der Waals surface area contributed by atoms with Crippen LogP contribution < -0.4 is 16.4 Å². The second kappa shape index (κ2) is 11.3. The normalized spacial score (nSPS) is 10.6. The molecule has 0 bridgehead atoms. The van der Waals surface area contributed by atoms with E-state index in [9.17, 15) is 9.59 Å². The van der Waals surface area contributed by atoms with Crippen LogP contribution in [0.1, 0.15) is 32.0 Å². The molecule has 1 radical (unpaired) electrons. The molecule has 0 saturated carbocycles. The highest BCUT2D eigenvalue weighted by atomic mass is 16.1. The number of Topliss-reactive ketones (excluding diaryl/α,β-unsaturated/α-hetero) is 1. The Morgan fingerprint density at radius 3 is 2.54 bits per heavy atom. The van der Waals surface area contributed by atoms with E-state index >= 15 is 0 Å². The molecule has 0 spiro atoms. The molecule has 0 aliphatic carbocycles. The summed E-state index contributed by atoms with van der Waals surface area (Å²) in [7, 11) is 0. The van der Waals surface area contributed by atoms with Crippen LogP contribution in [0.15, 0.2) is 97.6 Å². The molecule has 3 N–H and O–H groups in total. The number of benzene rings is 2. The number of ketones is 1. The molecular weight excluding hydrogens is 490 g/mol. The predicted octanol–water partition coefficient (Wildman–Crippen LogP) is 5.58. The zero-order valence-corrected chi connectivity index (χ0v) is 21.1. The summed E-state index contributed by atoms with van der Waals surface area (Å²) in [5, 5.41) is 6.09. The van der Waals surface area contributed by atoms with Crippen molar-refractivity contribution < 1.29 is 9.59 Å². The first kappa shape index (κ1) is 25.2. The number of aryl methyl sites for hydroxylation is 1. The number of aromatic nitrogens is 4. The maximum Gasteiger partial charge on any atom is 0.257 e. The van der Waals surface area contributed by atoms with Gasteiger partial charge in [-0.25, -0.2) is 9.97 Å². The van der Waals surface area contributed by atoms with Gasteiger partial charge in [-0.05, 0) is 66.6 Å². The third kappa shape index (κ3) is 6.11. The van der Waals surface area contributed by atoms with Crippen LogP contribution in [0.3, 0.4) is 0 Å². The number of anilines is 3. The lowest BCUT2D eigenvalue weighted by Crippen LogP contribution is -2.14. The van der Waals surface area contributed by atoms with E-state index in [2.05, 4.69) is 30.6 Å². The lowest BCUT2D eigenvalue weighted by atomic mass is 10.0. The van der Waals surface area contributed by atoms with Gasteiger partial charge in [0.1, 0.15) is 5.69 Å². The highest BCUT2D eigenvalue weighted by Gasteiger charge is 2.14. The topological polar surface area (TPSA) is 134 Å². The van der Waals surface area contributed by atoms with Crippen LogP contribution in [0.5, 0.6) is 0 Å². The molecule has 1 amide bonds. The number of hydrogen-bond donors (Lipinski definition) is 2. The third-order valence-corrected chi connectivity index (χ3v) is 6.03. The van der Waals surface area contributed by atoms with Gasteiger partial charge in [-0.3, -0.25) is 19.6 Å². The van der Waals surface area contributed by atoms with Crippen molar-refractivity contribution in [2.75, 3.05) is 10.6 Å². The summed E-state index contributed by atoms with van der Waals surface area (Å²) in [5.74, 6) is -0.159. The molecule has 0 fully saturated rings. The number of pyridine rings is 2. The van der Waals surface area contributed by atoms with Gasteiger partial charge in [-0.2, -0.15) is 0 Å². The van der Waals surface area contributed by atoms with Crippen molar-refractivity contribution in [1.82, 2.24) is 25.7 Å². The van der Waals surface area contributed by atoms with E-state index in [1.807, 2.05) is 31.2 Å². The summed E-state index contributed by atoms with van der Waals surface area (Å²) in [4.78, 5) is 42.7. The molecule has 9 nitrogen and oxygen atoms in total. The molecule has 5 aromatic rings. The fourth-order valence-electron chi connectivity index (χ4n) is 3.88. The van der Waals surface area contributed by atoms with Crippen molar-refractivity contribution in [3.05, 3.63) is 120 Å². The number of nitrogens with zero attached hydrogens (tertiary/aromatic N) is 4. The van der Waals surface area contributed by atoms with Gasteiger partial charge in [-0.1, -0.05) is 24.3 Å². The summed E-state index contributed by atoms with van der Waals surface area (Å²) in [6.07, 6.45) is 6.57. The Morgan fingerprint density at radius 1 is 0.897 bits per heavy atom. The van der Waals surface area contributed by atoms with Crippen molar-refractivity contribution in [2.24, 2.45) is 0 Å². The van der Waals surface area contributed by atoms with Crippen LogP contribution in [-0.2, 0) is 6.42 Å². The zero-order chi connectivity index (χ0) is 27.2. The monoisotopic (exact) mass is 514 g/mol. The van der Waals surface area contributed by atoms with E-state index in [0.29, 0.717) is 28.5 Å². The van der Waals surface area contributed by atoms with Crippen LogP contribution in [0, 0.1) is 6.92 Å². The van der Waals surface area contributed by atoms with Gasteiger partial charge in [0.05, 0.1) is 16.9 Å². The van der Waals surface area contributed by atoms with Gasteiger partial charge < -0.3 is 16.4 Å². The zero-order valence-electron chi connectivity index (χ0n) is 21.1. The quantitative estimate of drug-likeness (QED) is 0.258. The molecule has 9 heteroatoms. The summed E-state index contributed by atoms with van der Waals surface area (Å²) in [5.41, 5.74) is 13.3. The average Bonchev–Trinajstić information content (AvgIpc) is 2.97. The molecule has 0 atom stereocenters. The van der Waals surface area contributed by atoms with E-state index in [4.69, 9.17) is 5.73 Å². The Bertz CT molecular complexity index is 1640. The highest BCUT2D eigenvalue weighted by molar-refractivity contribution is 6.05. The minimum absolute atomic E-state index is 0.0756. The number of nitrogens with one attached hydrogen (secondary N) is 3. The van der Waals surface area contributed by atoms with E-state index in [1.165, 1.54) is 12.3 Å². The molecule has 2 aromatic carbocycles. The second-order valence-corrected chi connectivity index (χ2v) is 8.81. The molecule has 0 aliphatic heterocycles. The van der Waals surface area contributed by atoms with Gasteiger partial charge in [0.15, 0.2) is 5.78 Å². The number of rotatable bonds is 8. The molecule has 0 saturated heterocycles. The third-order valence-electron chi connectivity index (χ3n) is 6.03. The van der Waals surface area contributed by atoms with E-state index in [-0.39, 0.29) is 23.8 Å². The van der Waals surface area contributed by atoms with Crippen molar-refractivity contribution >= 4 is 34.7 Å². The average molecular weight is 515 g/mol. The van der Waals surface area contributed by atoms with Crippen LogP contribution in [0.25, 0.3) is 11.3 Å². The van der Waals surface area contributed by atoms with E-state index < -0.39 is 0 Å². The first-order valence-electron chi connectivity index (χ1n) is 12.2. The standard InChI is InChI=1S/C30H24N7O2/c1-19-8-10-23(16-27(19)37-30-33-14-12-25(36-30)21-6-4-13-32-17-21)35-29(39)22-9-11-26(34-18-22)28(38)15-20-5-2-3-7-24(20)31/h2-14,16-18,31H,15H2,1H3,(H,35,39)(H,33,36,37). The number of carbonyl (C=O) groups excluding carboxylic acids is 2. The Balaban J connectivity index is 1.26. The fourth-order valence-corrected chi connectivity index (χ4v) is 3.88. The lowest BCUT2D eigenvalue weighted by molar-refractivity contribution is 0.0984. The summed E-state index contributed by atoms with van der Waals surface area (Å²) >= 11 is 0. The molecule has 0 unspecified atom stereocenters. The molecule has 5 rings (SSSR count).